The summed E-state index contributed by atoms with van der Waals surface area (Å²) in [6.07, 6.45) is 2.95. The number of nitrogens with zero attached hydrogens (tertiary/aromatic N) is 3. The predicted molar refractivity (Wildman–Crippen MR) is 91.0 cm³/mol. The Morgan fingerprint density at radius 3 is 2.76 bits per heavy atom. The Morgan fingerprint density at radius 2 is 2.08 bits per heavy atom. The lowest BCUT2D eigenvalue weighted by Gasteiger charge is -2.30. The van der Waals surface area contributed by atoms with Gasteiger partial charge in [0.05, 0.1) is 24.4 Å². The number of hydrogen-bond donors (Lipinski definition) is 1. The van der Waals surface area contributed by atoms with Gasteiger partial charge in [0.2, 0.25) is 0 Å². The van der Waals surface area contributed by atoms with Gasteiger partial charge < -0.3 is 14.7 Å². The second kappa shape index (κ2) is 7.38. The third kappa shape index (κ3) is 3.65. The molecule has 2 heterocycles. The molecule has 0 radical (unpaired) electrons. The molecule has 0 bridgehead atoms. The van der Waals surface area contributed by atoms with Crippen molar-refractivity contribution in [3.8, 4) is 11.4 Å². The summed E-state index contributed by atoms with van der Waals surface area (Å²) >= 11 is 0. The van der Waals surface area contributed by atoms with Crippen molar-refractivity contribution in [3.05, 3.63) is 42.2 Å². The van der Waals surface area contributed by atoms with Gasteiger partial charge in [0.1, 0.15) is 0 Å². The number of hydrogen-bond acceptors (Lipinski definition) is 4. The van der Waals surface area contributed by atoms with Gasteiger partial charge in [0.25, 0.3) is 5.91 Å². The van der Waals surface area contributed by atoms with E-state index in [0.717, 1.165) is 5.69 Å². The number of benzene rings is 1. The molecule has 2 aromatic rings. The van der Waals surface area contributed by atoms with E-state index in [1.54, 1.807) is 15.8 Å². The van der Waals surface area contributed by atoms with Crippen LogP contribution < -0.4 is 4.74 Å². The van der Waals surface area contributed by atoms with Crippen LogP contribution in [0.4, 0.5) is 0 Å². The number of carbonyl (C=O) groups excluding carboxylic acids is 1. The summed E-state index contributed by atoms with van der Waals surface area (Å²) in [4.78, 5) is 25.7. The van der Waals surface area contributed by atoms with E-state index in [2.05, 4.69) is 5.10 Å². The quantitative estimate of drug-likeness (QED) is 0.900. The second-order valence-electron chi connectivity index (χ2n) is 5.98. The van der Waals surface area contributed by atoms with Crippen LogP contribution in [0, 0.1) is 5.92 Å². The highest BCUT2D eigenvalue weighted by Crippen LogP contribution is 2.24. The maximum Gasteiger partial charge on any atom is 0.308 e. The maximum absolute atomic E-state index is 12.9. The highest BCUT2D eigenvalue weighted by molar-refractivity contribution is 5.95. The van der Waals surface area contributed by atoms with Crippen LogP contribution >= 0.6 is 0 Å². The number of likely N-dealkylation sites (tertiary alicyclic amines) is 1. The molecule has 1 saturated heterocycles. The third-order valence-electron chi connectivity index (χ3n) is 4.26. The summed E-state index contributed by atoms with van der Waals surface area (Å²) < 4.78 is 7.19. The summed E-state index contributed by atoms with van der Waals surface area (Å²) in [5.74, 6) is -1.26. The van der Waals surface area contributed by atoms with Crippen LogP contribution in [0.2, 0.25) is 0 Å². The monoisotopic (exact) mass is 343 g/mol. The van der Waals surface area contributed by atoms with Crippen molar-refractivity contribution in [2.75, 3.05) is 19.7 Å². The lowest BCUT2D eigenvalue weighted by atomic mass is 9.98. The van der Waals surface area contributed by atoms with Crippen LogP contribution in [0.3, 0.4) is 0 Å². The van der Waals surface area contributed by atoms with Crippen molar-refractivity contribution in [1.29, 1.82) is 0 Å². The molecule has 1 N–H and O–H groups in total. The van der Waals surface area contributed by atoms with E-state index in [1.807, 2.05) is 37.3 Å². The zero-order valence-electron chi connectivity index (χ0n) is 14.1. The molecule has 0 aliphatic carbocycles. The van der Waals surface area contributed by atoms with Crippen LogP contribution in [0.15, 0.2) is 36.5 Å². The van der Waals surface area contributed by atoms with Gasteiger partial charge in [-0.1, -0.05) is 18.2 Å². The Kier molecular flexibility index (Phi) is 5.02. The number of ether oxygens (including phenoxy) is 1. The maximum atomic E-state index is 12.9. The van der Waals surface area contributed by atoms with Gasteiger partial charge in [-0.3, -0.25) is 9.59 Å². The standard InChI is InChI=1S/C18H21N3O4/c1-2-25-15-12-21(14-8-4-3-5-9-14)19-16(15)17(22)20-10-6-7-13(11-20)18(23)24/h3-5,8-9,12-13H,2,6-7,10-11H2,1H3,(H,23,24). The van der Waals surface area contributed by atoms with Gasteiger partial charge in [0.15, 0.2) is 11.4 Å². The zero-order chi connectivity index (χ0) is 17.8. The average Bonchev–Trinajstić information content (AvgIpc) is 3.06. The predicted octanol–water partition coefficient (Wildman–Crippen LogP) is 2.21. The van der Waals surface area contributed by atoms with E-state index in [1.165, 1.54) is 0 Å². The molecular formula is C18H21N3O4. The third-order valence-corrected chi connectivity index (χ3v) is 4.26. The Bertz CT molecular complexity index is 757. The minimum Gasteiger partial charge on any atom is -0.490 e. The van der Waals surface area contributed by atoms with Gasteiger partial charge in [-0.05, 0) is 31.9 Å². The molecule has 1 unspecified atom stereocenters. The largest absolute Gasteiger partial charge is 0.490 e. The van der Waals surface area contributed by atoms with E-state index in [9.17, 15) is 14.7 Å². The number of carboxylic acids is 1. The first-order valence-corrected chi connectivity index (χ1v) is 8.40. The van der Waals surface area contributed by atoms with E-state index < -0.39 is 11.9 Å². The van der Waals surface area contributed by atoms with Gasteiger partial charge in [-0.2, -0.15) is 5.10 Å². The molecule has 132 valence electrons. The summed E-state index contributed by atoms with van der Waals surface area (Å²) in [7, 11) is 0. The summed E-state index contributed by atoms with van der Waals surface area (Å²) in [6.45, 7) is 3.00. The first-order valence-electron chi connectivity index (χ1n) is 8.40. The highest BCUT2D eigenvalue weighted by atomic mass is 16.5. The van der Waals surface area contributed by atoms with Crippen molar-refractivity contribution >= 4 is 11.9 Å². The Morgan fingerprint density at radius 1 is 1.32 bits per heavy atom. The van der Waals surface area contributed by atoms with Crippen LogP contribution in [0.5, 0.6) is 5.75 Å². The molecule has 1 amide bonds. The van der Waals surface area contributed by atoms with Crippen molar-refractivity contribution in [2.45, 2.75) is 19.8 Å². The van der Waals surface area contributed by atoms with Crippen LogP contribution in [-0.2, 0) is 4.79 Å². The molecule has 0 saturated carbocycles. The number of aromatic nitrogens is 2. The van der Waals surface area contributed by atoms with E-state index in [4.69, 9.17) is 4.74 Å². The number of piperidine rings is 1. The fourth-order valence-corrected chi connectivity index (χ4v) is 2.99. The number of amides is 1. The van der Waals surface area contributed by atoms with Crippen LogP contribution in [0.1, 0.15) is 30.3 Å². The Hall–Kier alpha value is -2.83. The van der Waals surface area contributed by atoms with Crippen molar-refractivity contribution < 1.29 is 19.4 Å². The molecular weight excluding hydrogens is 322 g/mol. The highest BCUT2D eigenvalue weighted by Gasteiger charge is 2.31. The van der Waals surface area contributed by atoms with E-state index in [0.29, 0.717) is 31.7 Å². The van der Waals surface area contributed by atoms with E-state index in [-0.39, 0.29) is 18.1 Å². The summed E-state index contributed by atoms with van der Waals surface area (Å²) in [5.41, 5.74) is 1.04. The number of para-hydroxylation sites is 1. The SMILES string of the molecule is CCOc1cn(-c2ccccc2)nc1C(=O)N1CCCC(C(=O)O)C1. The molecule has 1 atom stereocenters. The molecule has 0 spiro atoms. The molecule has 25 heavy (non-hydrogen) atoms. The lowest BCUT2D eigenvalue weighted by Crippen LogP contribution is -2.42. The molecule has 1 aromatic heterocycles. The second-order valence-corrected chi connectivity index (χ2v) is 5.98. The van der Waals surface area contributed by atoms with Gasteiger partial charge in [-0.25, -0.2) is 4.68 Å². The fourth-order valence-electron chi connectivity index (χ4n) is 2.99. The molecule has 1 fully saturated rings. The molecule has 1 aromatic carbocycles. The lowest BCUT2D eigenvalue weighted by molar-refractivity contribution is -0.143. The normalized spacial score (nSPS) is 17.3. The molecule has 7 heteroatoms. The first-order chi connectivity index (χ1) is 12.1. The van der Waals surface area contributed by atoms with Crippen molar-refractivity contribution in [3.63, 3.8) is 0 Å². The van der Waals surface area contributed by atoms with E-state index >= 15 is 0 Å². The average molecular weight is 343 g/mol. The summed E-state index contributed by atoms with van der Waals surface area (Å²) in [6, 6.07) is 9.46. The van der Waals surface area contributed by atoms with Crippen molar-refractivity contribution in [2.24, 2.45) is 5.92 Å². The first kappa shape index (κ1) is 17.0. The molecule has 1 aliphatic rings. The van der Waals surface area contributed by atoms with Crippen LogP contribution in [-0.4, -0.2) is 51.4 Å². The minimum absolute atomic E-state index is 0.206. The number of aliphatic carboxylic acids is 1. The Balaban J connectivity index is 1.88. The topological polar surface area (TPSA) is 84.7 Å². The molecule has 1 aliphatic heterocycles. The van der Waals surface area contributed by atoms with Crippen molar-refractivity contribution in [1.82, 2.24) is 14.7 Å². The summed E-state index contributed by atoms with van der Waals surface area (Å²) in [5, 5.41) is 13.6. The number of carboxylic acid groups (broad SMARTS) is 1. The van der Waals surface area contributed by atoms with Gasteiger partial charge in [0, 0.05) is 13.1 Å². The van der Waals surface area contributed by atoms with Gasteiger partial charge >= 0.3 is 5.97 Å². The van der Waals surface area contributed by atoms with Gasteiger partial charge in [-0.15, -0.1) is 0 Å². The number of rotatable bonds is 5. The minimum atomic E-state index is -0.864. The Labute approximate surface area is 145 Å². The molecule has 7 nitrogen and oxygen atoms in total. The molecule has 3 rings (SSSR count). The fraction of sp³-hybridized carbons (Fsp3) is 0.389. The smallest absolute Gasteiger partial charge is 0.308 e. The zero-order valence-corrected chi connectivity index (χ0v) is 14.1. The number of carbonyl (C=O) groups is 2. The van der Waals surface area contributed by atoms with Crippen LogP contribution in [0.25, 0.3) is 5.69 Å².